The smallest absolute Gasteiger partial charge is 0.346 e. The number of nitrogens with one attached hydrogen (secondary N) is 4. The zero-order chi connectivity index (χ0) is 29.8. The van der Waals surface area contributed by atoms with Crippen molar-refractivity contribution in [3.8, 4) is 11.1 Å². The molecule has 0 bridgehead atoms. The molecule has 0 aromatic carbocycles. The fourth-order valence-electron chi connectivity index (χ4n) is 4.13. The van der Waals surface area contributed by atoms with Crippen molar-refractivity contribution in [1.29, 1.82) is 0 Å². The van der Waals surface area contributed by atoms with Crippen LogP contribution < -0.4 is 10.6 Å². The average molecular weight is 625 g/mol. The molecule has 6 aromatic heterocycles. The van der Waals surface area contributed by atoms with Gasteiger partial charge in [-0.3, -0.25) is 0 Å². The molecule has 6 aromatic rings. The molecule has 0 amide bonds. The van der Waals surface area contributed by atoms with Gasteiger partial charge in [0, 0.05) is 46.7 Å². The Kier molecular flexibility index (Phi) is 6.53. The van der Waals surface area contributed by atoms with Gasteiger partial charge in [0.2, 0.25) is 11.2 Å². The Morgan fingerprint density at radius 1 is 0.643 bits per heavy atom. The van der Waals surface area contributed by atoms with Crippen LogP contribution in [-0.4, -0.2) is 39.9 Å². The largest absolute Gasteiger partial charge is 0.421 e. The molecule has 6 heterocycles. The number of aromatic nitrogens is 8. The first-order valence-electron chi connectivity index (χ1n) is 11.5. The number of anilines is 4. The quantitative estimate of drug-likeness (QED) is 0.0879. The summed E-state index contributed by atoms with van der Waals surface area (Å²) in [5, 5.41) is 5.39. The van der Waals surface area contributed by atoms with E-state index in [0.29, 0.717) is 51.3 Å². The van der Waals surface area contributed by atoms with Gasteiger partial charge in [-0.2, -0.15) is 31.3 Å². The zero-order valence-electron chi connectivity index (χ0n) is 20.3. The molecule has 0 saturated carbocycles. The second kappa shape index (κ2) is 9.99. The van der Waals surface area contributed by atoms with E-state index < -0.39 is 34.5 Å². The summed E-state index contributed by atoms with van der Waals surface area (Å²) in [6, 6.07) is 3.24. The van der Waals surface area contributed by atoms with E-state index in [1.54, 1.807) is 24.5 Å². The van der Waals surface area contributed by atoms with Gasteiger partial charge in [-0.05, 0) is 23.7 Å². The number of hydrogen-bond donors (Lipinski definition) is 4. The van der Waals surface area contributed by atoms with E-state index in [2.05, 4.69) is 50.5 Å². The minimum absolute atomic E-state index is 0.179. The number of rotatable bonds is 5. The predicted octanol–water partition coefficient (Wildman–Crippen LogP) is 7.52. The molecule has 0 aliphatic carbocycles. The van der Waals surface area contributed by atoms with Crippen molar-refractivity contribution in [3.63, 3.8) is 0 Å². The Morgan fingerprint density at radius 2 is 1.19 bits per heavy atom. The van der Waals surface area contributed by atoms with Crippen LogP contribution in [0.1, 0.15) is 11.1 Å². The summed E-state index contributed by atoms with van der Waals surface area (Å²) in [6.07, 6.45) is -2.21. The molecule has 0 atom stereocenters. The normalized spacial score (nSPS) is 12.3. The first-order chi connectivity index (χ1) is 19.9. The standard InChI is InChI=1S/C24H12Cl2F6N10/c25-17-15(23(27,28)29)7-38-22(41-17)40-10-2-12-14(6-36-19(12)34-4-10)13-5-35-18-11(13)1-9(3-33-18)39-20-16(24(30,31)32)8-37-21(26)42-20/h1-8H,(H,33,35)(H,34,36)(H,37,39,42)(H,38,40,41). The molecule has 42 heavy (non-hydrogen) atoms. The maximum Gasteiger partial charge on any atom is 0.421 e. The van der Waals surface area contributed by atoms with Crippen LogP contribution in [0.3, 0.4) is 0 Å². The summed E-state index contributed by atoms with van der Waals surface area (Å²) < 4.78 is 79.4. The highest BCUT2D eigenvalue weighted by Crippen LogP contribution is 2.38. The third kappa shape index (κ3) is 5.21. The van der Waals surface area contributed by atoms with E-state index in [1.807, 2.05) is 0 Å². The molecule has 0 radical (unpaired) electrons. The first-order valence-corrected chi connectivity index (χ1v) is 12.3. The van der Waals surface area contributed by atoms with E-state index in [-0.39, 0.29) is 16.9 Å². The summed E-state index contributed by atoms with van der Waals surface area (Å²) >= 11 is 11.4. The summed E-state index contributed by atoms with van der Waals surface area (Å²) in [5.74, 6) is -0.723. The molecular weight excluding hydrogens is 613 g/mol. The van der Waals surface area contributed by atoms with Crippen molar-refractivity contribution in [2.45, 2.75) is 12.4 Å². The van der Waals surface area contributed by atoms with Crippen molar-refractivity contribution < 1.29 is 26.3 Å². The van der Waals surface area contributed by atoms with Crippen LogP contribution in [0.5, 0.6) is 0 Å². The Labute approximate surface area is 239 Å². The Morgan fingerprint density at radius 3 is 1.74 bits per heavy atom. The fourth-order valence-corrected chi connectivity index (χ4v) is 4.50. The molecule has 214 valence electrons. The molecule has 0 unspecified atom stereocenters. The van der Waals surface area contributed by atoms with E-state index in [1.165, 1.54) is 12.4 Å². The third-order valence-electron chi connectivity index (χ3n) is 5.98. The number of fused-ring (bicyclic) bond motifs is 2. The van der Waals surface area contributed by atoms with Crippen LogP contribution in [0.4, 0.5) is 49.5 Å². The maximum atomic E-state index is 13.5. The van der Waals surface area contributed by atoms with E-state index in [9.17, 15) is 26.3 Å². The van der Waals surface area contributed by atoms with E-state index in [0.717, 1.165) is 0 Å². The lowest BCUT2D eigenvalue weighted by Gasteiger charge is -2.13. The molecule has 10 nitrogen and oxygen atoms in total. The lowest BCUT2D eigenvalue weighted by molar-refractivity contribution is -0.138. The van der Waals surface area contributed by atoms with E-state index >= 15 is 0 Å². The molecule has 18 heteroatoms. The van der Waals surface area contributed by atoms with Crippen molar-refractivity contribution in [2.24, 2.45) is 0 Å². The Hall–Kier alpha value is -4.70. The number of pyridine rings is 2. The number of hydrogen-bond acceptors (Lipinski definition) is 8. The summed E-state index contributed by atoms with van der Waals surface area (Å²) in [4.78, 5) is 29.1. The second-order valence-electron chi connectivity index (χ2n) is 8.69. The molecule has 0 fully saturated rings. The van der Waals surface area contributed by atoms with Crippen molar-refractivity contribution in [3.05, 3.63) is 70.9 Å². The lowest BCUT2D eigenvalue weighted by atomic mass is 10.1. The van der Waals surface area contributed by atoms with Gasteiger partial charge < -0.3 is 20.6 Å². The van der Waals surface area contributed by atoms with Crippen molar-refractivity contribution in [2.75, 3.05) is 10.6 Å². The maximum absolute atomic E-state index is 13.5. The zero-order valence-corrected chi connectivity index (χ0v) is 21.8. The molecule has 0 aliphatic rings. The number of halogens is 8. The number of H-pyrrole nitrogens is 2. The van der Waals surface area contributed by atoms with Gasteiger partial charge in [0.25, 0.3) is 0 Å². The minimum Gasteiger partial charge on any atom is -0.346 e. The summed E-state index contributed by atoms with van der Waals surface area (Å²) in [7, 11) is 0. The lowest BCUT2D eigenvalue weighted by Crippen LogP contribution is -2.11. The van der Waals surface area contributed by atoms with Crippen LogP contribution in [-0.2, 0) is 12.4 Å². The first kappa shape index (κ1) is 27.5. The van der Waals surface area contributed by atoms with Crippen LogP contribution in [0, 0.1) is 0 Å². The van der Waals surface area contributed by atoms with Gasteiger partial charge in [0.15, 0.2) is 0 Å². The number of nitrogens with zero attached hydrogens (tertiary/aromatic N) is 6. The fraction of sp³-hybridized carbons (Fsp3) is 0.0833. The highest BCUT2D eigenvalue weighted by molar-refractivity contribution is 6.30. The highest BCUT2D eigenvalue weighted by Gasteiger charge is 2.36. The molecule has 0 saturated heterocycles. The molecular formula is C24H12Cl2F6N10. The SMILES string of the molecule is FC(F)(F)c1cnc(Nc2cnc3[nH]cc(-c4c[nH]c5ncc(Nc6nc(Cl)ncc6C(F)(F)F)cc45)c3c2)nc1Cl. The van der Waals surface area contributed by atoms with Gasteiger partial charge in [-0.25, -0.2) is 24.9 Å². The van der Waals surface area contributed by atoms with Crippen molar-refractivity contribution >= 4 is 68.4 Å². The predicted molar refractivity (Wildman–Crippen MR) is 142 cm³/mol. The number of aromatic amines is 2. The summed E-state index contributed by atoms with van der Waals surface area (Å²) in [6.45, 7) is 0. The average Bonchev–Trinajstić information content (AvgIpc) is 3.50. The summed E-state index contributed by atoms with van der Waals surface area (Å²) in [5.41, 5.74) is 0.439. The van der Waals surface area contributed by atoms with Gasteiger partial charge in [-0.15, -0.1) is 0 Å². The number of alkyl halides is 6. The van der Waals surface area contributed by atoms with Gasteiger partial charge in [-0.1, -0.05) is 11.6 Å². The van der Waals surface area contributed by atoms with Crippen LogP contribution in [0.2, 0.25) is 10.4 Å². The van der Waals surface area contributed by atoms with Crippen molar-refractivity contribution in [1.82, 2.24) is 39.9 Å². The van der Waals surface area contributed by atoms with Crippen LogP contribution in [0.15, 0.2) is 49.3 Å². The van der Waals surface area contributed by atoms with E-state index in [4.69, 9.17) is 23.2 Å². The monoisotopic (exact) mass is 624 g/mol. The van der Waals surface area contributed by atoms with Gasteiger partial charge >= 0.3 is 12.4 Å². The molecule has 4 N–H and O–H groups in total. The second-order valence-corrected chi connectivity index (χ2v) is 9.39. The molecule has 0 spiro atoms. The Balaban J connectivity index is 1.35. The van der Waals surface area contributed by atoms with Crippen LogP contribution in [0.25, 0.3) is 33.2 Å². The van der Waals surface area contributed by atoms with Crippen LogP contribution >= 0.6 is 23.2 Å². The molecule has 6 rings (SSSR count). The van der Waals surface area contributed by atoms with Gasteiger partial charge in [0.1, 0.15) is 33.4 Å². The third-order valence-corrected chi connectivity index (χ3v) is 6.45. The molecule has 0 aliphatic heterocycles. The minimum atomic E-state index is -4.73. The highest BCUT2D eigenvalue weighted by atomic mass is 35.5. The van der Waals surface area contributed by atoms with Gasteiger partial charge in [0.05, 0.1) is 23.8 Å². The Bertz CT molecular complexity index is 1970. The topological polar surface area (TPSA) is 133 Å².